The fourth-order valence-electron chi connectivity index (χ4n) is 3.71. The minimum absolute atomic E-state index is 0.247. The van der Waals surface area contributed by atoms with Crippen LogP contribution in [0.4, 0.5) is 5.13 Å². The van der Waals surface area contributed by atoms with Crippen molar-refractivity contribution >= 4 is 60.7 Å². The van der Waals surface area contributed by atoms with Gasteiger partial charge >= 0.3 is 0 Å². The van der Waals surface area contributed by atoms with E-state index in [4.69, 9.17) is 21.1 Å². The maximum Gasteiger partial charge on any atom is 0.257 e. The largest absolute Gasteiger partial charge is 0.497 e. The third-order valence-electron chi connectivity index (χ3n) is 5.56. The number of rotatable bonds is 7. The molecule has 180 valence electrons. The van der Waals surface area contributed by atoms with E-state index in [-0.39, 0.29) is 5.91 Å². The lowest BCUT2D eigenvalue weighted by Gasteiger charge is -2.19. The SMILES string of the molecule is COc1ccc(C(=O)Nc2ncc(C(Oc3ccc4cc(Br)ccc4c3)c3ccc(Cl)cc3)s2)cc1. The highest BCUT2D eigenvalue weighted by atomic mass is 79.9. The predicted molar refractivity (Wildman–Crippen MR) is 149 cm³/mol. The number of nitrogens with zero attached hydrogens (tertiary/aromatic N) is 1. The summed E-state index contributed by atoms with van der Waals surface area (Å²) in [7, 11) is 1.59. The van der Waals surface area contributed by atoms with Crippen molar-refractivity contribution in [2.24, 2.45) is 0 Å². The first-order valence-electron chi connectivity index (χ1n) is 11.0. The van der Waals surface area contributed by atoms with E-state index in [0.29, 0.717) is 21.5 Å². The molecular weight excluding hydrogens is 560 g/mol. The number of carbonyl (C=O) groups excluding carboxylic acids is 1. The molecule has 1 atom stereocenters. The molecule has 1 aromatic heterocycles. The average molecular weight is 580 g/mol. The topological polar surface area (TPSA) is 60.5 Å². The van der Waals surface area contributed by atoms with Crippen molar-refractivity contribution in [1.29, 1.82) is 0 Å². The number of carbonyl (C=O) groups is 1. The summed E-state index contributed by atoms with van der Waals surface area (Å²) in [5, 5.41) is 6.18. The zero-order chi connectivity index (χ0) is 25.1. The molecule has 0 aliphatic heterocycles. The molecule has 0 saturated heterocycles. The van der Waals surface area contributed by atoms with E-state index in [1.165, 1.54) is 11.3 Å². The Labute approximate surface area is 225 Å². The number of nitrogens with one attached hydrogen (secondary N) is 1. The molecule has 5 rings (SSSR count). The number of amides is 1. The highest BCUT2D eigenvalue weighted by molar-refractivity contribution is 9.10. The van der Waals surface area contributed by atoms with Gasteiger partial charge in [0.2, 0.25) is 0 Å². The Kier molecular flexibility index (Phi) is 7.23. The first-order chi connectivity index (χ1) is 17.5. The number of hydrogen-bond acceptors (Lipinski definition) is 5. The molecule has 5 aromatic rings. The number of anilines is 1. The maximum atomic E-state index is 12.7. The Hall–Kier alpha value is -3.39. The van der Waals surface area contributed by atoms with E-state index in [2.05, 4.69) is 32.3 Å². The maximum absolute atomic E-state index is 12.7. The van der Waals surface area contributed by atoms with Crippen molar-refractivity contribution < 1.29 is 14.3 Å². The number of fused-ring (bicyclic) bond motifs is 1. The number of thiazole rings is 1. The fraction of sp³-hybridized carbons (Fsp3) is 0.0714. The summed E-state index contributed by atoms with van der Waals surface area (Å²) < 4.78 is 12.7. The molecule has 1 unspecified atom stereocenters. The molecule has 0 fully saturated rings. The molecular formula is C28H20BrClN2O3S. The second-order valence-corrected chi connectivity index (χ2v) is 10.4. The number of aromatic nitrogens is 1. The van der Waals surface area contributed by atoms with Crippen LogP contribution in [-0.4, -0.2) is 18.0 Å². The Balaban J connectivity index is 1.41. The molecule has 0 saturated carbocycles. The van der Waals surface area contributed by atoms with E-state index in [1.54, 1.807) is 37.6 Å². The lowest BCUT2D eigenvalue weighted by Crippen LogP contribution is -2.11. The third-order valence-corrected chi connectivity index (χ3v) is 7.26. The molecule has 0 aliphatic carbocycles. The van der Waals surface area contributed by atoms with Crippen LogP contribution >= 0.6 is 38.9 Å². The van der Waals surface area contributed by atoms with Crippen LogP contribution in [0.5, 0.6) is 11.5 Å². The predicted octanol–water partition coefficient (Wildman–Crippen LogP) is 8.14. The van der Waals surface area contributed by atoms with E-state index < -0.39 is 6.10 Å². The number of benzene rings is 4. The van der Waals surface area contributed by atoms with E-state index in [0.717, 1.165) is 31.4 Å². The van der Waals surface area contributed by atoms with Gasteiger partial charge in [-0.15, -0.1) is 0 Å². The normalized spacial score (nSPS) is 11.8. The highest BCUT2D eigenvalue weighted by Gasteiger charge is 2.21. The van der Waals surface area contributed by atoms with Crippen molar-refractivity contribution in [3.8, 4) is 11.5 Å². The van der Waals surface area contributed by atoms with Gasteiger partial charge in [0.15, 0.2) is 11.2 Å². The van der Waals surface area contributed by atoms with E-state index in [9.17, 15) is 4.79 Å². The van der Waals surface area contributed by atoms with Gasteiger partial charge in [0, 0.05) is 21.3 Å². The molecule has 36 heavy (non-hydrogen) atoms. The van der Waals surface area contributed by atoms with Gasteiger partial charge in [-0.1, -0.05) is 63.1 Å². The highest BCUT2D eigenvalue weighted by Crippen LogP contribution is 2.35. The summed E-state index contributed by atoms with van der Waals surface area (Å²) in [4.78, 5) is 18.0. The lowest BCUT2D eigenvalue weighted by atomic mass is 10.1. The van der Waals surface area contributed by atoms with E-state index >= 15 is 0 Å². The lowest BCUT2D eigenvalue weighted by molar-refractivity contribution is 0.102. The molecule has 1 N–H and O–H groups in total. The van der Waals surface area contributed by atoms with Crippen molar-refractivity contribution in [2.45, 2.75) is 6.10 Å². The van der Waals surface area contributed by atoms with Gasteiger partial charge in [0.1, 0.15) is 11.5 Å². The van der Waals surface area contributed by atoms with Gasteiger partial charge < -0.3 is 9.47 Å². The number of hydrogen-bond donors (Lipinski definition) is 1. The molecule has 0 bridgehead atoms. The summed E-state index contributed by atoms with van der Waals surface area (Å²) in [5.74, 6) is 1.16. The van der Waals surface area contributed by atoms with Gasteiger partial charge in [0.25, 0.3) is 5.91 Å². The Morgan fingerprint density at radius 3 is 2.39 bits per heavy atom. The number of halogens is 2. The molecule has 4 aromatic carbocycles. The van der Waals surface area contributed by atoms with Crippen molar-refractivity contribution in [1.82, 2.24) is 4.98 Å². The van der Waals surface area contributed by atoms with Crippen LogP contribution in [-0.2, 0) is 0 Å². The van der Waals surface area contributed by atoms with Crippen LogP contribution in [0.15, 0.2) is 95.6 Å². The van der Waals surface area contributed by atoms with Crippen LogP contribution in [0.1, 0.15) is 26.9 Å². The third kappa shape index (κ3) is 5.54. The van der Waals surface area contributed by atoms with Gasteiger partial charge in [-0.2, -0.15) is 0 Å². The summed E-state index contributed by atoms with van der Waals surface area (Å²) >= 11 is 11.0. The molecule has 1 heterocycles. The van der Waals surface area contributed by atoms with E-state index in [1.807, 2.05) is 54.6 Å². The van der Waals surface area contributed by atoms with Crippen molar-refractivity contribution in [3.63, 3.8) is 0 Å². The first kappa shape index (κ1) is 24.3. The van der Waals surface area contributed by atoms with Crippen molar-refractivity contribution in [2.75, 3.05) is 12.4 Å². The van der Waals surface area contributed by atoms with Crippen LogP contribution in [0.2, 0.25) is 5.02 Å². The van der Waals surface area contributed by atoms with Crippen molar-refractivity contribution in [3.05, 3.63) is 117 Å². The zero-order valence-electron chi connectivity index (χ0n) is 19.1. The number of ether oxygens (including phenoxy) is 2. The van der Waals surface area contributed by atoms with Gasteiger partial charge in [-0.3, -0.25) is 10.1 Å². The Morgan fingerprint density at radius 1 is 0.944 bits per heavy atom. The zero-order valence-corrected chi connectivity index (χ0v) is 22.2. The molecule has 8 heteroatoms. The Bertz CT molecular complexity index is 1520. The summed E-state index contributed by atoms with van der Waals surface area (Å²) in [6.45, 7) is 0. The standard InChI is InChI=1S/C28H20BrClN2O3S/c1-34-23-11-5-18(6-12-23)27(33)32-28-31-16-25(36-28)26(17-3-9-22(30)10-4-17)35-24-13-7-19-14-21(29)8-2-20(19)15-24/h2-16,26H,1H3,(H,31,32,33). The quantitative estimate of drug-likeness (QED) is 0.211. The van der Waals surface area contributed by atoms with Crippen LogP contribution in [0.3, 0.4) is 0 Å². The van der Waals surface area contributed by atoms with Crippen LogP contribution in [0, 0.1) is 0 Å². The van der Waals surface area contributed by atoms with Gasteiger partial charge in [0.05, 0.1) is 12.0 Å². The smallest absolute Gasteiger partial charge is 0.257 e. The molecule has 0 radical (unpaired) electrons. The monoisotopic (exact) mass is 578 g/mol. The van der Waals surface area contributed by atoms with Crippen LogP contribution in [0.25, 0.3) is 10.8 Å². The first-order valence-corrected chi connectivity index (χ1v) is 13.0. The van der Waals surface area contributed by atoms with Crippen LogP contribution < -0.4 is 14.8 Å². The molecule has 1 amide bonds. The molecule has 0 spiro atoms. The summed E-state index contributed by atoms with van der Waals surface area (Å²) in [5.41, 5.74) is 1.44. The Morgan fingerprint density at radius 2 is 1.64 bits per heavy atom. The number of methoxy groups -OCH3 is 1. The fourth-order valence-corrected chi connectivity index (χ4v) is 5.08. The second kappa shape index (κ2) is 10.7. The molecule has 0 aliphatic rings. The second-order valence-electron chi connectivity index (χ2n) is 7.95. The van der Waals surface area contributed by atoms with Gasteiger partial charge in [-0.05, 0) is 77.0 Å². The van der Waals surface area contributed by atoms with Gasteiger partial charge in [-0.25, -0.2) is 4.98 Å². The summed E-state index contributed by atoms with van der Waals surface area (Å²) in [6.07, 6.45) is 1.30. The average Bonchev–Trinajstić information content (AvgIpc) is 3.36. The summed E-state index contributed by atoms with van der Waals surface area (Å²) in [6, 6.07) is 26.5. The minimum Gasteiger partial charge on any atom is -0.497 e. The molecule has 5 nitrogen and oxygen atoms in total. The minimum atomic E-state index is -0.431.